The van der Waals surface area contributed by atoms with Crippen LogP contribution in [0.3, 0.4) is 0 Å². The molecule has 0 unspecified atom stereocenters. The maximum Gasteiger partial charge on any atom is 0.0897 e. The standard InChI is InChI=1S/C15H21N3S/c1-12-17-15(11-19-12)9-16-8-13-4-6-14(7-5-13)10-18(2)3/h4-7,11,16H,8-10H2,1-3H3. The van der Waals surface area contributed by atoms with Crippen LogP contribution in [0, 0.1) is 6.92 Å². The zero-order valence-electron chi connectivity index (χ0n) is 11.8. The van der Waals surface area contributed by atoms with E-state index in [4.69, 9.17) is 0 Å². The van der Waals surface area contributed by atoms with Crippen LogP contribution in [0.15, 0.2) is 29.6 Å². The van der Waals surface area contributed by atoms with E-state index < -0.39 is 0 Å². The van der Waals surface area contributed by atoms with Crippen LogP contribution in [0.5, 0.6) is 0 Å². The van der Waals surface area contributed by atoms with E-state index in [2.05, 4.69) is 58.9 Å². The molecule has 4 heteroatoms. The molecule has 2 rings (SSSR count). The molecule has 2 aromatic rings. The summed E-state index contributed by atoms with van der Waals surface area (Å²) < 4.78 is 0. The van der Waals surface area contributed by atoms with E-state index in [1.165, 1.54) is 11.1 Å². The lowest BCUT2D eigenvalue weighted by Crippen LogP contribution is -2.13. The van der Waals surface area contributed by atoms with E-state index in [0.717, 1.165) is 30.3 Å². The van der Waals surface area contributed by atoms with Crippen LogP contribution in [-0.2, 0) is 19.6 Å². The second-order valence-corrected chi connectivity index (χ2v) is 6.08. The molecule has 0 aliphatic heterocycles. The Hall–Kier alpha value is -1.23. The second-order valence-electron chi connectivity index (χ2n) is 5.02. The van der Waals surface area contributed by atoms with Crippen LogP contribution >= 0.6 is 11.3 Å². The number of aryl methyl sites for hydroxylation is 1. The largest absolute Gasteiger partial charge is 0.307 e. The minimum Gasteiger partial charge on any atom is -0.307 e. The SMILES string of the molecule is Cc1nc(CNCc2ccc(CN(C)C)cc2)cs1. The molecule has 0 saturated heterocycles. The predicted molar refractivity (Wildman–Crippen MR) is 81.2 cm³/mol. The van der Waals surface area contributed by atoms with Crippen LogP contribution in [-0.4, -0.2) is 24.0 Å². The Labute approximate surface area is 119 Å². The average Bonchev–Trinajstić information content (AvgIpc) is 2.77. The fourth-order valence-electron chi connectivity index (χ4n) is 1.95. The summed E-state index contributed by atoms with van der Waals surface area (Å²) in [7, 11) is 4.18. The Morgan fingerprint density at radius 1 is 1.11 bits per heavy atom. The van der Waals surface area contributed by atoms with Gasteiger partial charge < -0.3 is 10.2 Å². The van der Waals surface area contributed by atoms with Crippen LogP contribution in [0.25, 0.3) is 0 Å². The molecule has 0 fully saturated rings. The molecule has 1 heterocycles. The van der Waals surface area contributed by atoms with Gasteiger partial charge in [0, 0.05) is 25.0 Å². The van der Waals surface area contributed by atoms with E-state index in [1.807, 2.05) is 6.92 Å². The molecule has 0 saturated carbocycles. The van der Waals surface area contributed by atoms with Gasteiger partial charge in [-0.05, 0) is 32.1 Å². The van der Waals surface area contributed by atoms with Crippen molar-refractivity contribution in [2.75, 3.05) is 14.1 Å². The van der Waals surface area contributed by atoms with Gasteiger partial charge in [-0.2, -0.15) is 0 Å². The maximum absolute atomic E-state index is 4.44. The molecule has 0 aliphatic carbocycles. The molecule has 0 amide bonds. The summed E-state index contributed by atoms with van der Waals surface area (Å²) in [5.41, 5.74) is 3.80. The van der Waals surface area contributed by atoms with Gasteiger partial charge in [0.25, 0.3) is 0 Å². The van der Waals surface area contributed by atoms with Crippen molar-refractivity contribution in [3.63, 3.8) is 0 Å². The van der Waals surface area contributed by atoms with Gasteiger partial charge in [-0.1, -0.05) is 24.3 Å². The second kappa shape index (κ2) is 6.80. The molecule has 0 radical (unpaired) electrons. The third kappa shape index (κ3) is 4.74. The molecule has 1 N–H and O–H groups in total. The third-order valence-corrected chi connectivity index (χ3v) is 3.65. The van der Waals surface area contributed by atoms with Gasteiger partial charge in [-0.25, -0.2) is 4.98 Å². The lowest BCUT2D eigenvalue weighted by atomic mass is 10.1. The highest BCUT2D eigenvalue weighted by molar-refractivity contribution is 7.09. The zero-order chi connectivity index (χ0) is 13.7. The number of hydrogen-bond donors (Lipinski definition) is 1. The van der Waals surface area contributed by atoms with Crippen molar-refractivity contribution in [2.24, 2.45) is 0 Å². The number of nitrogens with one attached hydrogen (secondary N) is 1. The van der Waals surface area contributed by atoms with Crippen molar-refractivity contribution in [1.82, 2.24) is 15.2 Å². The van der Waals surface area contributed by atoms with Gasteiger partial charge in [0.15, 0.2) is 0 Å². The molecular formula is C15H21N3S. The highest BCUT2D eigenvalue weighted by atomic mass is 32.1. The number of aromatic nitrogens is 1. The number of hydrogen-bond acceptors (Lipinski definition) is 4. The number of rotatable bonds is 6. The number of benzene rings is 1. The first-order valence-electron chi connectivity index (χ1n) is 6.48. The smallest absolute Gasteiger partial charge is 0.0897 e. The lowest BCUT2D eigenvalue weighted by molar-refractivity contribution is 0.402. The van der Waals surface area contributed by atoms with Crippen LogP contribution < -0.4 is 5.32 Å². The summed E-state index contributed by atoms with van der Waals surface area (Å²) in [6.45, 7) is 4.76. The third-order valence-electron chi connectivity index (χ3n) is 2.82. The zero-order valence-corrected chi connectivity index (χ0v) is 12.6. The lowest BCUT2D eigenvalue weighted by Gasteiger charge is -2.10. The highest BCUT2D eigenvalue weighted by Crippen LogP contribution is 2.09. The van der Waals surface area contributed by atoms with Gasteiger partial charge in [0.1, 0.15) is 0 Å². The molecule has 1 aromatic heterocycles. The number of nitrogens with zero attached hydrogens (tertiary/aromatic N) is 2. The highest BCUT2D eigenvalue weighted by Gasteiger charge is 1.99. The topological polar surface area (TPSA) is 28.2 Å². The minimum absolute atomic E-state index is 0.837. The molecule has 0 spiro atoms. The fourth-order valence-corrected chi connectivity index (χ4v) is 2.56. The van der Waals surface area contributed by atoms with Crippen LogP contribution in [0.2, 0.25) is 0 Å². The van der Waals surface area contributed by atoms with E-state index in [1.54, 1.807) is 11.3 Å². The van der Waals surface area contributed by atoms with Crippen molar-refractivity contribution in [2.45, 2.75) is 26.6 Å². The first-order valence-corrected chi connectivity index (χ1v) is 7.36. The molecule has 3 nitrogen and oxygen atoms in total. The Morgan fingerprint density at radius 3 is 2.37 bits per heavy atom. The number of thiazole rings is 1. The summed E-state index contributed by atoms with van der Waals surface area (Å²) >= 11 is 1.70. The summed E-state index contributed by atoms with van der Waals surface area (Å²) in [6, 6.07) is 8.78. The Bertz CT molecular complexity index is 502. The van der Waals surface area contributed by atoms with E-state index >= 15 is 0 Å². The van der Waals surface area contributed by atoms with E-state index in [-0.39, 0.29) is 0 Å². The van der Waals surface area contributed by atoms with Crippen molar-refractivity contribution in [1.29, 1.82) is 0 Å². The molecule has 102 valence electrons. The first kappa shape index (κ1) is 14.2. The summed E-state index contributed by atoms with van der Waals surface area (Å²) in [6.07, 6.45) is 0. The first-order chi connectivity index (χ1) is 9.13. The molecule has 0 atom stereocenters. The van der Waals surface area contributed by atoms with Gasteiger partial charge in [-0.3, -0.25) is 0 Å². The molecule has 1 aromatic carbocycles. The minimum atomic E-state index is 0.837. The molecular weight excluding hydrogens is 254 g/mol. The van der Waals surface area contributed by atoms with Gasteiger partial charge in [0.2, 0.25) is 0 Å². The van der Waals surface area contributed by atoms with Crippen molar-refractivity contribution >= 4 is 11.3 Å². The average molecular weight is 275 g/mol. The van der Waals surface area contributed by atoms with E-state index in [9.17, 15) is 0 Å². The predicted octanol–water partition coefficient (Wildman–Crippen LogP) is 2.80. The van der Waals surface area contributed by atoms with Crippen molar-refractivity contribution < 1.29 is 0 Å². The Morgan fingerprint density at radius 2 is 1.79 bits per heavy atom. The summed E-state index contributed by atoms with van der Waals surface area (Å²) in [5, 5.41) is 6.67. The summed E-state index contributed by atoms with van der Waals surface area (Å²) in [4.78, 5) is 6.62. The molecule has 19 heavy (non-hydrogen) atoms. The Kier molecular flexibility index (Phi) is 5.07. The van der Waals surface area contributed by atoms with Gasteiger partial charge in [-0.15, -0.1) is 11.3 Å². The quantitative estimate of drug-likeness (QED) is 0.878. The molecule has 0 bridgehead atoms. The fraction of sp³-hybridized carbons (Fsp3) is 0.400. The monoisotopic (exact) mass is 275 g/mol. The van der Waals surface area contributed by atoms with Crippen molar-refractivity contribution in [3.8, 4) is 0 Å². The van der Waals surface area contributed by atoms with E-state index in [0.29, 0.717) is 0 Å². The van der Waals surface area contributed by atoms with Crippen LogP contribution in [0.4, 0.5) is 0 Å². The van der Waals surface area contributed by atoms with Crippen LogP contribution in [0.1, 0.15) is 21.8 Å². The normalized spacial score (nSPS) is 11.2. The molecule has 0 aliphatic rings. The summed E-state index contributed by atoms with van der Waals surface area (Å²) in [5.74, 6) is 0. The maximum atomic E-state index is 4.44. The van der Waals surface area contributed by atoms with Crippen molar-refractivity contribution in [3.05, 3.63) is 51.5 Å². The van der Waals surface area contributed by atoms with Gasteiger partial charge >= 0.3 is 0 Å². The van der Waals surface area contributed by atoms with Gasteiger partial charge in [0.05, 0.1) is 10.7 Å². The Balaban J connectivity index is 1.79.